The third-order valence-electron chi connectivity index (χ3n) is 3.67. The minimum Gasteiger partial charge on any atom is -0.445 e. The van der Waals surface area contributed by atoms with Crippen molar-refractivity contribution in [3.05, 3.63) is 35.9 Å². The molecule has 0 aliphatic carbocycles. The summed E-state index contributed by atoms with van der Waals surface area (Å²) in [6.07, 6.45) is -0.434. The van der Waals surface area contributed by atoms with Crippen LogP contribution in [-0.2, 0) is 21.4 Å². The Labute approximate surface area is 130 Å². The lowest BCUT2D eigenvalue weighted by molar-refractivity contribution is 0.0612. The molecular formula is C14H21N3O4S. The van der Waals surface area contributed by atoms with Gasteiger partial charge in [0.15, 0.2) is 0 Å². The number of piperazine rings is 1. The van der Waals surface area contributed by atoms with Crippen LogP contribution in [0.1, 0.15) is 5.56 Å². The van der Waals surface area contributed by atoms with Crippen LogP contribution in [0.4, 0.5) is 4.79 Å². The Kier molecular flexibility index (Phi) is 5.38. The first-order valence-electron chi connectivity index (χ1n) is 7.01. The van der Waals surface area contributed by atoms with E-state index in [2.05, 4.69) is 0 Å². The Bertz CT molecular complexity index is 606. The molecule has 8 heteroatoms. The summed E-state index contributed by atoms with van der Waals surface area (Å²) in [5, 5.41) is 5.10. The molecule has 0 radical (unpaired) electrons. The van der Waals surface area contributed by atoms with Gasteiger partial charge >= 0.3 is 6.09 Å². The van der Waals surface area contributed by atoms with Crippen molar-refractivity contribution in [2.45, 2.75) is 12.6 Å². The van der Waals surface area contributed by atoms with Gasteiger partial charge in [-0.05, 0) is 12.6 Å². The van der Waals surface area contributed by atoms with E-state index >= 15 is 0 Å². The molecule has 1 heterocycles. The number of carbonyl (C=O) groups is 1. The highest BCUT2D eigenvalue weighted by atomic mass is 32.2. The number of amides is 1. The second kappa shape index (κ2) is 7.08. The molecule has 2 N–H and O–H groups in total. The van der Waals surface area contributed by atoms with Crippen LogP contribution in [0.2, 0.25) is 0 Å². The van der Waals surface area contributed by atoms with Crippen LogP contribution in [0, 0.1) is 0 Å². The summed E-state index contributed by atoms with van der Waals surface area (Å²) in [5.41, 5.74) is 0.908. The van der Waals surface area contributed by atoms with Crippen LogP contribution in [-0.4, -0.2) is 62.8 Å². The first-order valence-corrected chi connectivity index (χ1v) is 8.73. The van der Waals surface area contributed by atoms with E-state index in [-0.39, 0.29) is 18.4 Å². The zero-order valence-corrected chi connectivity index (χ0v) is 13.3. The van der Waals surface area contributed by atoms with Gasteiger partial charge in [-0.15, -0.1) is 0 Å². The molecule has 1 fully saturated rings. The van der Waals surface area contributed by atoms with Crippen molar-refractivity contribution in [3.63, 3.8) is 0 Å². The van der Waals surface area contributed by atoms with Crippen LogP contribution >= 0.6 is 0 Å². The topological polar surface area (TPSA) is 92.9 Å². The molecule has 1 saturated heterocycles. The normalized spacial score (nSPS) is 19.9. The second-order valence-electron chi connectivity index (χ2n) is 5.45. The number of primary sulfonamides is 1. The predicted octanol–water partition coefficient (Wildman–Crippen LogP) is 0.228. The summed E-state index contributed by atoms with van der Waals surface area (Å²) in [4.78, 5) is 15.5. The number of benzene rings is 1. The van der Waals surface area contributed by atoms with E-state index in [1.54, 1.807) is 0 Å². The Morgan fingerprint density at radius 1 is 1.32 bits per heavy atom. The third kappa shape index (κ3) is 4.97. The van der Waals surface area contributed by atoms with Crippen molar-refractivity contribution in [1.29, 1.82) is 0 Å². The average molecular weight is 327 g/mol. The van der Waals surface area contributed by atoms with Gasteiger partial charge < -0.3 is 9.64 Å². The van der Waals surface area contributed by atoms with Crippen molar-refractivity contribution in [2.24, 2.45) is 5.14 Å². The highest BCUT2D eigenvalue weighted by Crippen LogP contribution is 2.11. The van der Waals surface area contributed by atoms with Gasteiger partial charge in [0.25, 0.3) is 0 Å². The van der Waals surface area contributed by atoms with Gasteiger partial charge in [0.2, 0.25) is 10.0 Å². The molecule has 0 spiro atoms. The predicted molar refractivity (Wildman–Crippen MR) is 82.6 cm³/mol. The largest absolute Gasteiger partial charge is 0.445 e. The number of nitrogens with two attached hydrogens (primary N) is 1. The van der Waals surface area contributed by atoms with E-state index < -0.39 is 16.1 Å². The lowest BCUT2D eigenvalue weighted by Crippen LogP contribution is -2.56. The van der Waals surface area contributed by atoms with Crippen molar-refractivity contribution >= 4 is 16.1 Å². The van der Waals surface area contributed by atoms with Crippen LogP contribution in [0.15, 0.2) is 30.3 Å². The fraction of sp³-hybridized carbons (Fsp3) is 0.500. The number of likely N-dealkylation sites (N-methyl/N-ethyl adjacent to an activating group) is 1. The molecule has 0 aromatic heterocycles. The van der Waals surface area contributed by atoms with Gasteiger partial charge in [-0.3, -0.25) is 4.90 Å². The van der Waals surface area contributed by atoms with E-state index in [1.165, 1.54) is 4.90 Å². The quantitative estimate of drug-likeness (QED) is 0.854. The standard InChI is InChI=1S/C14H21N3O4S/c1-16-7-8-17(9-13(16)11-22(15,19)20)14(18)21-10-12-5-3-2-4-6-12/h2-6,13H,7-11H2,1H3,(H2,15,19,20). The Morgan fingerprint density at radius 2 is 2.00 bits per heavy atom. The Hall–Kier alpha value is -1.64. The molecule has 1 unspecified atom stereocenters. The molecule has 7 nitrogen and oxygen atoms in total. The van der Waals surface area contributed by atoms with Crippen LogP contribution < -0.4 is 5.14 Å². The molecule has 1 atom stereocenters. The maximum Gasteiger partial charge on any atom is 0.410 e. The molecule has 122 valence electrons. The van der Waals surface area contributed by atoms with Gasteiger partial charge in [-0.2, -0.15) is 0 Å². The van der Waals surface area contributed by atoms with Gasteiger partial charge in [0.1, 0.15) is 6.61 Å². The van der Waals surface area contributed by atoms with Gasteiger partial charge in [-0.25, -0.2) is 18.4 Å². The molecular weight excluding hydrogens is 306 g/mol. The second-order valence-corrected chi connectivity index (χ2v) is 7.11. The first-order chi connectivity index (χ1) is 10.3. The molecule has 1 aliphatic heterocycles. The highest BCUT2D eigenvalue weighted by molar-refractivity contribution is 7.89. The van der Waals surface area contributed by atoms with E-state index in [0.29, 0.717) is 19.6 Å². The van der Waals surface area contributed by atoms with Crippen molar-refractivity contribution in [1.82, 2.24) is 9.80 Å². The number of sulfonamides is 1. The molecule has 1 aromatic rings. The number of nitrogens with zero attached hydrogens (tertiary/aromatic N) is 2. The number of ether oxygens (including phenoxy) is 1. The highest BCUT2D eigenvalue weighted by Gasteiger charge is 2.30. The van der Waals surface area contributed by atoms with Crippen LogP contribution in [0.5, 0.6) is 0 Å². The fourth-order valence-electron chi connectivity index (χ4n) is 2.37. The van der Waals surface area contributed by atoms with Gasteiger partial charge in [-0.1, -0.05) is 30.3 Å². The monoisotopic (exact) mass is 327 g/mol. The summed E-state index contributed by atoms with van der Waals surface area (Å²) in [6, 6.07) is 9.08. The number of hydrogen-bond acceptors (Lipinski definition) is 5. The first kappa shape index (κ1) is 16.7. The van der Waals surface area contributed by atoms with Crippen molar-refractivity contribution in [2.75, 3.05) is 32.4 Å². The molecule has 22 heavy (non-hydrogen) atoms. The third-order valence-corrected chi connectivity index (χ3v) is 4.51. The molecule has 0 bridgehead atoms. The van der Waals surface area contributed by atoms with Gasteiger partial charge in [0, 0.05) is 25.7 Å². The summed E-state index contributed by atoms with van der Waals surface area (Å²) < 4.78 is 27.8. The Balaban J connectivity index is 1.90. The zero-order valence-electron chi connectivity index (χ0n) is 12.5. The van der Waals surface area contributed by atoms with Crippen LogP contribution in [0.3, 0.4) is 0 Å². The molecule has 0 saturated carbocycles. The molecule has 1 amide bonds. The maximum absolute atomic E-state index is 12.1. The zero-order chi connectivity index (χ0) is 16.2. The van der Waals surface area contributed by atoms with E-state index in [0.717, 1.165) is 5.56 Å². The van der Waals surface area contributed by atoms with E-state index in [1.807, 2.05) is 42.3 Å². The molecule has 2 rings (SSSR count). The Morgan fingerprint density at radius 3 is 2.64 bits per heavy atom. The smallest absolute Gasteiger partial charge is 0.410 e. The summed E-state index contributed by atoms with van der Waals surface area (Å²) in [7, 11) is -1.76. The van der Waals surface area contributed by atoms with Crippen molar-refractivity contribution in [3.8, 4) is 0 Å². The molecule has 1 aliphatic rings. The average Bonchev–Trinajstić information content (AvgIpc) is 2.47. The minimum absolute atomic E-state index is 0.175. The number of carbonyl (C=O) groups excluding carboxylic acids is 1. The minimum atomic E-state index is -3.58. The van der Waals surface area contributed by atoms with Crippen LogP contribution in [0.25, 0.3) is 0 Å². The lowest BCUT2D eigenvalue weighted by Gasteiger charge is -2.38. The maximum atomic E-state index is 12.1. The number of rotatable bonds is 4. The summed E-state index contributed by atoms with van der Waals surface area (Å²) >= 11 is 0. The van der Waals surface area contributed by atoms with Gasteiger partial charge in [0.05, 0.1) is 5.75 Å². The SMILES string of the molecule is CN1CCN(C(=O)OCc2ccccc2)CC1CS(N)(=O)=O. The van der Waals surface area contributed by atoms with E-state index in [4.69, 9.17) is 9.88 Å². The summed E-state index contributed by atoms with van der Waals surface area (Å²) in [5.74, 6) is -0.175. The van der Waals surface area contributed by atoms with Crippen molar-refractivity contribution < 1.29 is 17.9 Å². The fourth-order valence-corrected chi connectivity index (χ4v) is 3.27. The summed E-state index contributed by atoms with van der Waals surface area (Å²) in [6.45, 7) is 1.58. The molecule has 1 aromatic carbocycles. The van der Waals surface area contributed by atoms with E-state index in [9.17, 15) is 13.2 Å². The number of hydrogen-bond donors (Lipinski definition) is 1. The lowest BCUT2D eigenvalue weighted by atomic mass is 10.2.